The van der Waals surface area contributed by atoms with Crippen LogP contribution < -0.4 is 5.32 Å². The fourth-order valence-electron chi connectivity index (χ4n) is 3.23. The zero-order valence-electron chi connectivity index (χ0n) is 13.6. The number of aromatic nitrogens is 1. The molecular weight excluding hydrogens is 316 g/mol. The molecule has 24 heavy (non-hydrogen) atoms. The lowest BCUT2D eigenvalue weighted by molar-refractivity contribution is 0.573. The van der Waals surface area contributed by atoms with E-state index in [2.05, 4.69) is 90.0 Å². The summed E-state index contributed by atoms with van der Waals surface area (Å²) < 4.78 is 0. The van der Waals surface area contributed by atoms with Gasteiger partial charge in [0.1, 0.15) is 0 Å². The van der Waals surface area contributed by atoms with Gasteiger partial charge in [0.2, 0.25) is 0 Å². The van der Waals surface area contributed by atoms with Gasteiger partial charge in [-0.2, -0.15) is 0 Å². The molecule has 0 aliphatic carbocycles. The molecule has 3 heteroatoms. The van der Waals surface area contributed by atoms with Gasteiger partial charge >= 0.3 is 0 Å². The lowest BCUT2D eigenvalue weighted by atomic mass is 10.00. The monoisotopic (exact) mass is 336 g/mol. The van der Waals surface area contributed by atoms with E-state index in [1.165, 1.54) is 32.9 Å². The molecule has 0 spiro atoms. The molecule has 2 nitrogen and oxygen atoms in total. The Labute approximate surface area is 148 Å². The number of fused-ring (bicyclic) bond motifs is 2. The first kappa shape index (κ1) is 16.6. The third-order valence-electron chi connectivity index (χ3n) is 4.47. The van der Waals surface area contributed by atoms with Crippen LogP contribution in [0.4, 0.5) is 0 Å². The fraction of sp³-hybridized carbons (Fsp3) is 0.143. The molecule has 0 radical (unpaired) electrons. The second kappa shape index (κ2) is 7.08. The second-order valence-electron chi connectivity index (χ2n) is 6.05. The Hall–Kier alpha value is -2.29. The number of hydrogen-bond acceptors (Lipinski definition) is 1. The van der Waals surface area contributed by atoms with Crippen molar-refractivity contribution in [2.75, 3.05) is 0 Å². The van der Waals surface area contributed by atoms with Gasteiger partial charge in [-0.1, -0.05) is 60.7 Å². The summed E-state index contributed by atoms with van der Waals surface area (Å²) in [5.74, 6) is 0. The summed E-state index contributed by atoms with van der Waals surface area (Å²) in [4.78, 5) is 3.48. The molecule has 0 unspecified atom stereocenters. The average molecular weight is 337 g/mol. The maximum absolute atomic E-state index is 3.64. The number of para-hydroxylation sites is 1. The molecule has 1 atom stereocenters. The highest BCUT2D eigenvalue weighted by atomic mass is 35.5. The molecule has 0 bridgehead atoms. The van der Waals surface area contributed by atoms with Crippen LogP contribution in [0.2, 0.25) is 0 Å². The zero-order valence-corrected chi connectivity index (χ0v) is 14.4. The first-order chi connectivity index (χ1) is 11.3. The Morgan fingerprint density at radius 3 is 2.42 bits per heavy atom. The van der Waals surface area contributed by atoms with E-state index in [1.54, 1.807) is 0 Å². The van der Waals surface area contributed by atoms with Gasteiger partial charge in [0.05, 0.1) is 0 Å². The number of benzene rings is 3. The molecule has 0 saturated carbocycles. The van der Waals surface area contributed by atoms with Gasteiger partial charge in [-0.15, -0.1) is 12.4 Å². The molecule has 0 aliphatic rings. The number of H-pyrrole nitrogens is 1. The molecule has 0 saturated heterocycles. The minimum atomic E-state index is 0. The Morgan fingerprint density at radius 1 is 0.875 bits per heavy atom. The predicted octanol–water partition coefficient (Wildman–Crippen LogP) is 5.59. The van der Waals surface area contributed by atoms with Gasteiger partial charge in [0.25, 0.3) is 0 Å². The summed E-state index contributed by atoms with van der Waals surface area (Å²) in [6.45, 7) is 3.06. The van der Waals surface area contributed by atoms with Crippen LogP contribution in [0.25, 0.3) is 21.7 Å². The highest BCUT2D eigenvalue weighted by Gasteiger charge is 2.09. The molecule has 1 heterocycles. The third-order valence-corrected chi connectivity index (χ3v) is 4.47. The van der Waals surface area contributed by atoms with Crippen LogP contribution in [0.3, 0.4) is 0 Å². The van der Waals surface area contributed by atoms with Crippen molar-refractivity contribution in [2.24, 2.45) is 0 Å². The minimum absolute atomic E-state index is 0. The zero-order chi connectivity index (χ0) is 15.6. The fourth-order valence-corrected chi connectivity index (χ4v) is 3.23. The summed E-state index contributed by atoms with van der Waals surface area (Å²) in [5, 5.41) is 7.52. The molecule has 122 valence electrons. The number of aromatic amines is 1. The van der Waals surface area contributed by atoms with Gasteiger partial charge in [-0.3, -0.25) is 0 Å². The van der Waals surface area contributed by atoms with Crippen LogP contribution in [0.5, 0.6) is 0 Å². The lowest BCUT2D eigenvalue weighted by Gasteiger charge is -2.16. The second-order valence-corrected chi connectivity index (χ2v) is 6.05. The molecule has 4 rings (SSSR count). The van der Waals surface area contributed by atoms with E-state index < -0.39 is 0 Å². The van der Waals surface area contributed by atoms with Crippen molar-refractivity contribution in [3.63, 3.8) is 0 Å². The van der Waals surface area contributed by atoms with Crippen molar-refractivity contribution in [3.8, 4) is 0 Å². The summed E-state index contributed by atoms with van der Waals surface area (Å²) in [5.41, 5.74) is 3.76. The van der Waals surface area contributed by atoms with Gasteiger partial charge in [-0.25, -0.2) is 0 Å². The van der Waals surface area contributed by atoms with E-state index in [4.69, 9.17) is 0 Å². The maximum Gasteiger partial charge on any atom is 0.0456 e. The van der Waals surface area contributed by atoms with Crippen LogP contribution >= 0.6 is 12.4 Å². The largest absolute Gasteiger partial charge is 0.357 e. The number of rotatable bonds is 4. The summed E-state index contributed by atoms with van der Waals surface area (Å²) in [6.07, 6.45) is 0. The topological polar surface area (TPSA) is 27.8 Å². The van der Waals surface area contributed by atoms with Crippen molar-refractivity contribution in [2.45, 2.75) is 19.5 Å². The average Bonchev–Trinajstić information content (AvgIpc) is 3.02. The molecule has 0 amide bonds. The molecular formula is C21H21ClN2. The lowest BCUT2D eigenvalue weighted by Crippen LogP contribution is -2.18. The molecule has 3 aromatic carbocycles. The van der Waals surface area contributed by atoms with Crippen molar-refractivity contribution in [1.29, 1.82) is 0 Å². The Morgan fingerprint density at radius 2 is 1.58 bits per heavy atom. The van der Waals surface area contributed by atoms with Crippen LogP contribution in [0, 0.1) is 0 Å². The van der Waals surface area contributed by atoms with Crippen molar-refractivity contribution in [3.05, 3.63) is 84.1 Å². The standard InChI is InChI=1S/C21H20N2.ClH/c1-15(19-11-6-9-16-7-2-4-10-20(16)19)22-14-18-13-17-8-3-5-12-21(17)23-18;/h2-13,15,22-23H,14H2,1H3;1H/t15-;/m1./s1. The molecule has 0 aliphatic heterocycles. The number of halogens is 1. The molecule has 0 fully saturated rings. The smallest absolute Gasteiger partial charge is 0.0456 e. The van der Waals surface area contributed by atoms with E-state index >= 15 is 0 Å². The SMILES string of the molecule is C[C@@H](NCc1cc2ccccc2[nH]1)c1cccc2ccccc12.Cl. The van der Waals surface area contributed by atoms with Crippen LogP contribution in [-0.4, -0.2) is 4.98 Å². The quantitative estimate of drug-likeness (QED) is 0.499. The van der Waals surface area contributed by atoms with E-state index in [0.29, 0.717) is 6.04 Å². The Kier molecular flexibility index (Phi) is 4.89. The first-order valence-corrected chi connectivity index (χ1v) is 8.09. The van der Waals surface area contributed by atoms with E-state index in [-0.39, 0.29) is 12.4 Å². The van der Waals surface area contributed by atoms with E-state index in [9.17, 15) is 0 Å². The highest BCUT2D eigenvalue weighted by molar-refractivity contribution is 5.86. The molecule has 1 aromatic heterocycles. The third kappa shape index (κ3) is 3.16. The van der Waals surface area contributed by atoms with Gasteiger partial charge in [-0.05, 0) is 40.8 Å². The van der Waals surface area contributed by atoms with Crippen LogP contribution in [-0.2, 0) is 6.54 Å². The maximum atomic E-state index is 3.64. The van der Waals surface area contributed by atoms with Gasteiger partial charge in [0.15, 0.2) is 0 Å². The Bertz CT molecular complexity index is 920. The summed E-state index contributed by atoms with van der Waals surface area (Å²) >= 11 is 0. The van der Waals surface area contributed by atoms with Gasteiger partial charge < -0.3 is 10.3 Å². The summed E-state index contributed by atoms with van der Waals surface area (Å²) in [7, 11) is 0. The van der Waals surface area contributed by atoms with E-state index in [0.717, 1.165) is 6.54 Å². The van der Waals surface area contributed by atoms with Crippen LogP contribution in [0.15, 0.2) is 72.8 Å². The number of nitrogens with one attached hydrogen (secondary N) is 2. The van der Waals surface area contributed by atoms with Crippen LogP contribution in [0.1, 0.15) is 24.2 Å². The van der Waals surface area contributed by atoms with Crippen molar-refractivity contribution >= 4 is 34.1 Å². The van der Waals surface area contributed by atoms with Gasteiger partial charge in [0, 0.05) is 23.8 Å². The highest BCUT2D eigenvalue weighted by Crippen LogP contribution is 2.24. The molecule has 2 N–H and O–H groups in total. The predicted molar refractivity (Wildman–Crippen MR) is 105 cm³/mol. The minimum Gasteiger partial charge on any atom is -0.357 e. The normalized spacial score (nSPS) is 12.2. The first-order valence-electron chi connectivity index (χ1n) is 8.09. The Balaban J connectivity index is 0.00000169. The van der Waals surface area contributed by atoms with Crippen molar-refractivity contribution < 1.29 is 0 Å². The molecule has 4 aromatic rings. The summed E-state index contributed by atoms with van der Waals surface area (Å²) in [6, 6.07) is 26.0. The van der Waals surface area contributed by atoms with Crippen molar-refractivity contribution in [1.82, 2.24) is 10.3 Å². The number of hydrogen-bond donors (Lipinski definition) is 2. The van der Waals surface area contributed by atoms with E-state index in [1.807, 2.05) is 0 Å².